The van der Waals surface area contributed by atoms with E-state index < -0.39 is 10.0 Å². The van der Waals surface area contributed by atoms with Gasteiger partial charge in [0, 0.05) is 18.8 Å². The molecule has 0 aromatic heterocycles. The predicted octanol–water partition coefficient (Wildman–Crippen LogP) is 4.07. The molecular formula is C24H25N3O3S2. The first kappa shape index (κ1) is 22.4. The minimum absolute atomic E-state index is 0.168. The molecule has 1 heterocycles. The molecule has 32 heavy (non-hydrogen) atoms. The van der Waals surface area contributed by atoms with Crippen LogP contribution in [0, 0.1) is 0 Å². The topological polar surface area (TPSA) is 78.5 Å². The Morgan fingerprint density at radius 3 is 2.34 bits per heavy atom. The number of benzene rings is 3. The van der Waals surface area contributed by atoms with Crippen molar-refractivity contribution < 1.29 is 13.2 Å². The van der Waals surface area contributed by atoms with Crippen molar-refractivity contribution in [2.24, 2.45) is 0 Å². The number of anilines is 1. The van der Waals surface area contributed by atoms with E-state index in [1.807, 2.05) is 42.5 Å². The molecule has 1 amide bonds. The van der Waals surface area contributed by atoms with Gasteiger partial charge in [-0.15, -0.1) is 0 Å². The number of carbonyl (C=O) groups excluding carboxylic acids is 1. The molecule has 6 nitrogen and oxygen atoms in total. The third kappa shape index (κ3) is 5.15. The lowest BCUT2D eigenvalue weighted by Crippen LogP contribution is -2.36. The number of nitrogens with zero attached hydrogens (tertiary/aromatic N) is 1. The van der Waals surface area contributed by atoms with Crippen molar-refractivity contribution in [3.8, 4) is 0 Å². The summed E-state index contributed by atoms with van der Waals surface area (Å²) in [6, 6.07) is 20.2. The number of hydrogen-bond acceptors (Lipinski definition) is 4. The van der Waals surface area contributed by atoms with Gasteiger partial charge in [-0.25, -0.2) is 8.42 Å². The number of sulfonamides is 1. The van der Waals surface area contributed by atoms with Crippen LogP contribution in [0.3, 0.4) is 0 Å². The van der Waals surface area contributed by atoms with Crippen LogP contribution in [0.5, 0.6) is 0 Å². The Morgan fingerprint density at radius 1 is 0.906 bits per heavy atom. The normalized spacial score (nSPS) is 14.8. The summed E-state index contributed by atoms with van der Waals surface area (Å²) >= 11 is 5.26. The highest BCUT2D eigenvalue weighted by Gasteiger charge is 2.25. The predicted molar refractivity (Wildman–Crippen MR) is 131 cm³/mol. The fraction of sp³-hybridized carbons (Fsp3) is 0.250. The van der Waals surface area contributed by atoms with Crippen LogP contribution in [0.2, 0.25) is 0 Å². The maximum atomic E-state index is 12.8. The first-order chi connectivity index (χ1) is 15.4. The zero-order valence-corrected chi connectivity index (χ0v) is 19.2. The number of carbonyl (C=O) groups is 1. The Labute approximate surface area is 193 Å². The van der Waals surface area contributed by atoms with E-state index in [1.165, 1.54) is 4.31 Å². The summed E-state index contributed by atoms with van der Waals surface area (Å²) in [4.78, 5) is 12.8. The standard InChI is InChI=1S/C24H25N3O3S2/c28-23(17-19-9-6-8-18-7-2-3-10-22(18)19)26-24(31)25-20-11-13-21(14-12-20)32(29,30)27-15-4-1-5-16-27/h2-3,6-14H,1,4-5,15-17H2,(H2,25,26,28,31). The molecule has 166 valence electrons. The largest absolute Gasteiger partial charge is 0.332 e. The van der Waals surface area contributed by atoms with E-state index in [0.29, 0.717) is 18.8 Å². The second-order valence-electron chi connectivity index (χ2n) is 7.81. The third-order valence-corrected chi connectivity index (χ3v) is 7.67. The zero-order chi connectivity index (χ0) is 22.6. The molecule has 0 spiro atoms. The van der Waals surface area contributed by atoms with Crippen molar-refractivity contribution in [3.63, 3.8) is 0 Å². The fourth-order valence-electron chi connectivity index (χ4n) is 3.92. The highest BCUT2D eigenvalue weighted by Crippen LogP contribution is 2.22. The van der Waals surface area contributed by atoms with Gasteiger partial charge in [-0.1, -0.05) is 48.9 Å². The molecule has 1 aliphatic rings. The van der Waals surface area contributed by atoms with Crippen LogP contribution in [0.4, 0.5) is 5.69 Å². The number of thiocarbonyl (C=S) groups is 1. The number of nitrogens with one attached hydrogen (secondary N) is 2. The monoisotopic (exact) mass is 467 g/mol. The van der Waals surface area contributed by atoms with Crippen molar-refractivity contribution in [1.82, 2.24) is 9.62 Å². The molecule has 0 bridgehead atoms. The molecule has 1 saturated heterocycles. The van der Waals surface area contributed by atoms with Crippen LogP contribution >= 0.6 is 12.2 Å². The van der Waals surface area contributed by atoms with Crippen LogP contribution in [0.25, 0.3) is 10.8 Å². The molecule has 3 aromatic rings. The summed E-state index contributed by atoms with van der Waals surface area (Å²) in [5.74, 6) is -0.219. The van der Waals surface area contributed by atoms with E-state index in [4.69, 9.17) is 12.2 Å². The highest BCUT2D eigenvalue weighted by molar-refractivity contribution is 7.89. The Morgan fingerprint density at radius 2 is 1.59 bits per heavy atom. The molecule has 0 radical (unpaired) electrons. The van der Waals surface area contributed by atoms with Crippen molar-refractivity contribution in [2.45, 2.75) is 30.6 Å². The maximum Gasteiger partial charge on any atom is 0.243 e. The summed E-state index contributed by atoms with van der Waals surface area (Å²) in [7, 11) is -3.48. The van der Waals surface area contributed by atoms with E-state index in [9.17, 15) is 13.2 Å². The highest BCUT2D eigenvalue weighted by atomic mass is 32.2. The van der Waals surface area contributed by atoms with E-state index in [-0.39, 0.29) is 22.3 Å². The number of amides is 1. The van der Waals surface area contributed by atoms with Gasteiger partial charge in [-0.2, -0.15) is 4.31 Å². The van der Waals surface area contributed by atoms with Gasteiger partial charge in [-0.3, -0.25) is 4.79 Å². The maximum absolute atomic E-state index is 12.8. The summed E-state index contributed by atoms with van der Waals surface area (Å²) < 4.78 is 27.1. The van der Waals surface area contributed by atoms with Crippen LogP contribution in [-0.2, 0) is 21.2 Å². The Hall–Kier alpha value is -2.81. The second kappa shape index (κ2) is 9.77. The molecule has 0 unspecified atom stereocenters. The average molecular weight is 468 g/mol. The molecule has 0 atom stereocenters. The lowest BCUT2D eigenvalue weighted by atomic mass is 10.0. The van der Waals surface area contributed by atoms with Gasteiger partial charge in [0.05, 0.1) is 11.3 Å². The molecule has 1 aliphatic heterocycles. The van der Waals surface area contributed by atoms with Gasteiger partial charge in [0.15, 0.2) is 5.11 Å². The first-order valence-corrected chi connectivity index (χ1v) is 12.5. The molecule has 0 saturated carbocycles. The number of fused-ring (bicyclic) bond motifs is 1. The second-order valence-corrected chi connectivity index (χ2v) is 10.2. The number of hydrogen-bond donors (Lipinski definition) is 2. The molecule has 3 aromatic carbocycles. The van der Waals surface area contributed by atoms with Gasteiger partial charge >= 0.3 is 0 Å². The van der Waals surface area contributed by atoms with Crippen molar-refractivity contribution >= 4 is 49.7 Å². The lowest BCUT2D eigenvalue weighted by Gasteiger charge is -2.25. The van der Waals surface area contributed by atoms with Gasteiger partial charge in [0.1, 0.15) is 0 Å². The Balaban J connectivity index is 1.36. The minimum atomic E-state index is -3.48. The van der Waals surface area contributed by atoms with Crippen molar-refractivity contribution in [3.05, 3.63) is 72.3 Å². The summed E-state index contributed by atoms with van der Waals surface area (Å²) in [5.41, 5.74) is 1.54. The van der Waals surface area contributed by atoms with E-state index >= 15 is 0 Å². The van der Waals surface area contributed by atoms with Crippen molar-refractivity contribution in [1.29, 1.82) is 0 Å². The summed E-state index contributed by atoms with van der Waals surface area (Å²) in [6.45, 7) is 1.13. The quantitative estimate of drug-likeness (QED) is 0.553. The van der Waals surface area contributed by atoms with Crippen molar-refractivity contribution in [2.75, 3.05) is 18.4 Å². The average Bonchev–Trinajstić information content (AvgIpc) is 2.80. The van der Waals surface area contributed by atoms with Crippen LogP contribution in [0.1, 0.15) is 24.8 Å². The van der Waals surface area contributed by atoms with E-state index in [1.54, 1.807) is 24.3 Å². The third-order valence-electron chi connectivity index (χ3n) is 5.55. The van der Waals surface area contributed by atoms with Crippen LogP contribution in [-0.4, -0.2) is 36.8 Å². The molecule has 8 heteroatoms. The molecular weight excluding hydrogens is 442 g/mol. The first-order valence-electron chi connectivity index (χ1n) is 10.6. The van der Waals surface area contributed by atoms with Crippen LogP contribution in [0.15, 0.2) is 71.6 Å². The van der Waals surface area contributed by atoms with Gasteiger partial charge in [0.2, 0.25) is 15.9 Å². The number of piperidine rings is 1. The lowest BCUT2D eigenvalue weighted by molar-refractivity contribution is -0.119. The SMILES string of the molecule is O=C(Cc1cccc2ccccc12)NC(=S)Nc1ccc(S(=O)(=O)N2CCCCC2)cc1. The molecule has 0 aliphatic carbocycles. The molecule has 4 rings (SSSR count). The zero-order valence-electron chi connectivity index (χ0n) is 17.6. The summed E-state index contributed by atoms with van der Waals surface area (Å²) in [5, 5.41) is 7.92. The number of rotatable bonds is 5. The molecule has 1 fully saturated rings. The smallest absolute Gasteiger partial charge is 0.243 e. The van der Waals surface area contributed by atoms with Crippen LogP contribution < -0.4 is 10.6 Å². The Kier molecular flexibility index (Phi) is 6.83. The fourth-order valence-corrected chi connectivity index (χ4v) is 5.67. The van der Waals surface area contributed by atoms with E-state index in [0.717, 1.165) is 35.6 Å². The Bertz CT molecular complexity index is 1230. The van der Waals surface area contributed by atoms with E-state index in [2.05, 4.69) is 10.6 Å². The molecule has 2 N–H and O–H groups in total. The van der Waals surface area contributed by atoms with Gasteiger partial charge in [-0.05, 0) is 65.7 Å². The summed E-state index contributed by atoms with van der Waals surface area (Å²) in [6.07, 6.45) is 3.06. The van der Waals surface area contributed by atoms with Gasteiger partial charge < -0.3 is 10.6 Å². The minimum Gasteiger partial charge on any atom is -0.332 e. The van der Waals surface area contributed by atoms with Gasteiger partial charge in [0.25, 0.3) is 0 Å².